The molecule has 1 heterocycles. The van der Waals surface area contributed by atoms with E-state index in [2.05, 4.69) is 27.8 Å². The van der Waals surface area contributed by atoms with Crippen molar-refractivity contribution < 1.29 is 0 Å². The Kier molecular flexibility index (Phi) is 2.92. The molecule has 94 valence electrons. The topological polar surface area (TPSA) is 43.8 Å². The van der Waals surface area contributed by atoms with Crippen LogP contribution in [0.25, 0.3) is 11.3 Å². The van der Waals surface area contributed by atoms with Gasteiger partial charge in [0.25, 0.3) is 0 Å². The first-order chi connectivity index (χ1) is 8.79. The van der Waals surface area contributed by atoms with Gasteiger partial charge in [-0.15, -0.1) is 0 Å². The molecule has 3 nitrogen and oxygen atoms in total. The highest BCUT2D eigenvalue weighted by Gasteiger charge is 2.14. The molecule has 3 rings (SSSR count). The van der Waals surface area contributed by atoms with Crippen LogP contribution in [0.2, 0.25) is 0 Å². The molecule has 1 aliphatic rings. The summed E-state index contributed by atoms with van der Waals surface area (Å²) in [7, 11) is 2.03. The maximum Gasteiger partial charge on any atom is 0.0952 e. The maximum absolute atomic E-state index is 5.76. The average molecular weight is 241 g/mol. The second kappa shape index (κ2) is 4.58. The molecule has 0 unspecified atom stereocenters. The van der Waals surface area contributed by atoms with Crippen LogP contribution < -0.4 is 5.73 Å². The highest BCUT2D eigenvalue weighted by molar-refractivity contribution is 5.64. The second-order valence-corrected chi connectivity index (χ2v) is 5.05. The van der Waals surface area contributed by atoms with Gasteiger partial charge in [0.2, 0.25) is 0 Å². The first kappa shape index (κ1) is 11.5. The zero-order valence-electron chi connectivity index (χ0n) is 10.8. The molecule has 0 fully saturated rings. The van der Waals surface area contributed by atoms with Gasteiger partial charge in [0, 0.05) is 19.2 Å². The summed E-state index contributed by atoms with van der Waals surface area (Å²) < 4.78 is 2.06. The zero-order chi connectivity index (χ0) is 12.5. The van der Waals surface area contributed by atoms with Crippen LogP contribution in [0, 0.1) is 0 Å². The van der Waals surface area contributed by atoms with Gasteiger partial charge >= 0.3 is 0 Å². The number of nitrogens with two attached hydrogens (primary N) is 1. The molecule has 0 amide bonds. The fourth-order valence-corrected chi connectivity index (χ4v) is 2.88. The Morgan fingerprint density at radius 1 is 1.22 bits per heavy atom. The van der Waals surface area contributed by atoms with Crippen molar-refractivity contribution in [2.75, 3.05) is 0 Å². The first-order valence-corrected chi connectivity index (χ1v) is 6.62. The van der Waals surface area contributed by atoms with E-state index in [1.165, 1.54) is 42.4 Å². The maximum atomic E-state index is 5.76. The number of aromatic nitrogens is 2. The van der Waals surface area contributed by atoms with E-state index in [4.69, 9.17) is 5.73 Å². The number of rotatable bonds is 2. The van der Waals surface area contributed by atoms with Gasteiger partial charge in [0.15, 0.2) is 0 Å². The van der Waals surface area contributed by atoms with E-state index in [1.807, 2.05) is 13.4 Å². The lowest BCUT2D eigenvalue weighted by Crippen LogP contribution is -2.04. The normalized spacial score (nSPS) is 14.6. The minimum Gasteiger partial charge on any atom is -0.333 e. The predicted molar refractivity (Wildman–Crippen MR) is 73.2 cm³/mol. The molecule has 0 saturated heterocycles. The van der Waals surface area contributed by atoms with E-state index in [0.717, 1.165) is 11.4 Å². The Morgan fingerprint density at radius 2 is 2.00 bits per heavy atom. The fourth-order valence-electron chi connectivity index (χ4n) is 2.88. The second-order valence-electron chi connectivity index (χ2n) is 5.05. The summed E-state index contributed by atoms with van der Waals surface area (Å²) >= 11 is 0. The summed E-state index contributed by atoms with van der Waals surface area (Å²) in [5.41, 5.74) is 12.2. The molecule has 18 heavy (non-hydrogen) atoms. The standard InChI is InChI=1S/C15H19N3/c1-18-10-17-14(9-16)15(18)13-7-6-11-4-2-3-5-12(11)8-13/h6-8,10H,2-5,9,16H2,1H3. The number of benzene rings is 1. The lowest BCUT2D eigenvalue weighted by molar-refractivity contribution is 0.686. The predicted octanol–water partition coefficient (Wildman–Crippen LogP) is 2.42. The summed E-state index contributed by atoms with van der Waals surface area (Å²) in [6.45, 7) is 0.493. The molecule has 3 heteroatoms. The third-order valence-electron chi connectivity index (χ3n) is 3.83. The lowest BCUT2D eigenvalue weighted by atomic mass is 9.90. The SMILES string of the molecule is Cn1cnc(CN)c1-c1ccc2c(c1)CCCC2. The van der Waals surface area contributed by atoms with Crippen molar-refractivity contribution >= 4 is 0 Å². The van der Waals surface area contributed by atoms with Gasteiger partial charge in [-0.1, -0.05) is 12.1 Å². The molecule has 1 aromatic carbocycles. The van der Waals surface area contributed by atoms with Crippen LogP contribution in [0.1, 0.15) is 29.7 Å². The average Bonchev–Trinajstić information content (AvgIpc) is 2.79. The molecule has 1 aromatic heterocycles. The van der Waals surface area contributed by atoms with E-state index in [0.29, 0.717) is 6.54 Å². The van der Waals surface area contributed by atoms with Gasteiger partial charge in [-0.2, -0.15) is 0 Å². The molecule has 2 aromatic rings. The smallest absolute Gasteiger partial charge is 0.0952 e. The van der Waals surface area contributed by atoms with Crippen LogP contribution in [0.4, 0.5) is 0 Å². The van der Waals surface area contributed by atoms with Crippen LogP contribution in [0.15, 0.2) is 24.5 Å². The van der Waals surface area contributed by atoms with Crippen molar-refractivity contribution in [3.63, 3.8) is 0 Å². The monoisotopic (exact) mass is 241 g/mol. The van der Waals surface area contributed by atoms with Crippen molar-refractivity contribution in [2.45, 2.75) is 32.2 Å². The van der Waals surface area contributed by atoms with Crippen molar-refractivity contribution in [1.82, 2.24) is 9.55 Å². The molecule has 1 aliphatic carbocycles. The van der Waals surface area contributed by atoms with Gasteiger partial charge in [0.05, 0.1) is 17.7 Å². The van der Waals surface area contributed by atoms with E-state index < -0.39 is 0 Å². The van der Waals surface area contributed by atoms with Crippen molar-refractivity contribution in [3.8, 4) is 11.3 Å². The van der Waals surface area contributed by atoms with E-state index >= 15 is 0 Å². The van der Waals surface area contributed by atoms with Gasteiger partial charge < -0.3 is 10.3 Å². The number of nitrogens with zero attached hydrogens (tertiary/aromatic N) is 2. The number of imidazole rings is 1. The highest BCUT2D eigenvalue weighted by atomic mass is 15.0. The van der Waals surface area contributed by atoms with Crippen molar-refractivity contribution in [1.29, 1.82) is 0 Å². The quantitative estimate of drug-likeness (QED) is 0.877. The Hall–Kier alpha value is -1.61. The molecule has 2 N–H and O–H groups in total. The first-order valence-electron chi connectivity index (χ1n) is 6.62. The van der Waals surface area contributed by atoms with E-state index in [-0.39, 0.29) is 0 Å². The molecule has 0 bridgehead atoms. The Bertz CT molecular complexity index is 569. The molecule has 0 saturated carbocycles. The third kappa shape index (κ3) is 1.85. The van der Waals surface area contributed by atoms with E-state index in [9.17, 15) is 0 Å². The zero-order valence-corrected chi connectivity index (χ0v) is 10.8. The lowest BCUT2D eigenvalue weighted by Gasteiger charge is -2.17. The summed E-state index contributed by atoms with van der Waals surface area (Å²) in [4.78, 5) is 4.36. The summed E-state index contributed by atoms with van der Waals surface area (Å²) in [5, 5.41) is 0. The fraction of sp³-hybridized carbons (Fsp3) is 0.400. The van der Waals surface area contributed by atoms with Crippen molar-refractivity contribution in [2.24, 2.45) is 12.8 Å². The van der Waals surface area contributed by atoms with Crippen molar-refractivity contribution in [3.05, 3.63) is 41.3 Å². The van der Waals surface area contributed by atoms with Gasteiger partial charge in [-0.3, -0.25) is 0 Å². The highest BCUT2D eigenvalue weighted by Crippen LogP contribution is 2.28. The van der Waals surface area contributed by atoms with Crippen LogP contribution in [-0.2, 0) is 26.4 Å². The van der Waals surface area contributed by atoms with Crippen LogP contribution in [0.5, 0.6) is 0 Å². The minimum absolute atomic E-state index is 0.493. The molecule has 0 radical (unpaired) electrons. The van der Waals surface area contributed by atoms with Gasteiger partial charge in [0.1, 0.15) is 0 Å². The third-order valence-corrected chi connectivity index (χ3v) is 3.83. The van der Waals surface area contributed by atoms with Crippen LogP contribution >= 0.6 is 0 Å². The summed E-state index contributed by atoms with van der Waals surface area (Å²) in [6, 6.07) is 6.81. The molecular formula is C15H19N3. The largest absolute Gasteiger partial charge is 0.333 e. The Morgan fingerprint density at radius 3 is 2.78 bits per heavy atom. The summed E-state index contributed by atoms with van der Waals surface area (Å²) in [6.07, 6.45) is 6.92. The Labute approximate surface area is 108 Å². The van der Waals surface area contributed by atoms with Gasteiger partial charge in [-0.25, -0.2) is 4.98 Å². The molecule has 0 aliphatic heterocycles. The molecule has 0 spiro atoms. The molecule has 0 atom stereocenters. The number of hydrogen-bond donors (Lipinski definition) is 1. The van der Waals surface area contributed by atoms with E-state index in [1.54, 1.807) is 0 Å². The number of hydrogen-bond acceptors (Lipinski definition) is 2. The number of fused-ring (bicyclic) bond motifs is 1. The van der Waals surface area contributed by atoms with Gasteiger partial charge in [-0.05, 0) is 42.9 Å². The Balaban J connectivity index is 2.09. The minimum atomic E-state index is 0.493. The number of aryl methyl sites for hydroxylation is 3. The molecular weight excluding hydrogens is 222 g/mol. The van der Waals surface area contributed by atoms with Crippen LogP contribution in [-0.4, -0.2) is 9.55 Å². The van der Waals surface area contributed by atoms with Crippen LogP contribution in [0.3, 0.4) is 0 Å². The summed E-state index contributed by atoms with van der Waals surface area (Å²) in [5.74, 6) is 0.